The molecule has 0 fully saturated rings. The van der Waals surface area contributed by atoms with E-state index in [-0.39, 0.29) is 0 Å². The number of hydrogen-bond acceptors (Lipinski definition) is 1. The van der Waals surface area contributed by atoms with Crippen molar-refractivity contribution in [2.24, 2.45) is 0 Å². The van der Waals surface area contributed by atoms with Gasteiger partial charge in [-0.05, 0) is 19.9 Å². The maximum atomic E-state index is 9.57. The summed E-state index contributed by atoms with van der Waals surface area (Å²) < 4.78 is 0. The van der Waals surface area contributed by atoms with Gasteiger partial charge < -0.3 is 10.1 Å². The second kappa shape index (κ2) is 2.89. The number of aromatic nitrogens is 1. The lowest BCUT2D eigenvalue weighted by Gasteiger charge is -2.03. The Morgan fingerprint density at radius 1 is 1.31 bits per heavy atom. The zero-order valence-electron chi connectivity index (χ0n) is 7.83. The van der Waals surface area contributed by atoms with Crippen LogP contribution >= 0.6 is 0 Å². The van der Waals surface area contributed by atoms with Gasteiger partial charge in [-0.3, -0.25) is 0 Å². The average Bonchev–Trinajstić information content (AvgIpc) is 2.39. The first-order chi connectivity index (χ1) is 6.20. The van der Waals surface area contributed by atoms with E-state index in [4.69, 9.17) is 0 Å². The van der Waals surface area contributed by atoms with E-state index in [9.17, 15) is 5.11 Å². The van der Waals surface area contributed by atoms with Gasteiger partial charge in [-0.1, -0.05) is 18.2 Å². The van der Waals surface area contributed by atoms with Crippen molar-refractivity contribution in [3.05, 3.63) is 35.5 Å². The van der Waals surface area contributed by atoms with Gasteiger partial charge in [-0.15, -0.1) is 0 Å². The summed E-state index contributed by atoms with van der Waals surface area (Å²) in [4.78, 5) is 3.25. The molecule has 0 unspecified atom stereocenters. The monoisotopic (exact) mass is 175 g/mol. The van der Waals surface area contributed by atoms with Gasteiger partial charge in [-0.2, -0.15) is 0 Å². The number of para-hydroxylation sites is 1. The molecule has 0 spiro atoms. The summed E-state index contributed by atoms with van der Waals surface area (Å²) >= 11 is 0. The number of aliphatic hydroxyl groups excluding tert-OH is 1. The van der Waals surface area contributed by atoms with Gasteiger partial charge in [0.15, 0.2) is 0 Å². The molecule has 0 aliphatic carbocycles. The molecule has 2 rings (SSSR count). The molecule has 13 heavy (non-hydrogen) atoms. The number of aryl methyl sites for hydroxylation is 1. The van der Waals surface area contributed by atoms with Crippen molar-refractivity contribution >= 4 is 10.9 Å². The summed E-state index contributed by atoms with van der Waals surface area (Å²) in [5.41, 5.74) is 3.16. The van der Waals surface area contributed by atoms with Crippen LogP contribution in [0, 0.1) is 6.92 Å². The Hall–Kier alpha value is -1.28. The van der Waals surface area contributed by atoms with Crippen molar-refractivity contribution in [3.63, 3.8) is 0 Å². The number of benzene rings is 1. The van der Waals surface area contributed by atoms with E-state index in [0.717, 1.165) is 22.2 Å². The molecule has 2 nitrogen and oxygen atoms in total. The van der Waals surface area contributed by atoms with E-state index in [1.807, 2.05) is 31.2 Å². The molecule has 0 radical (unpaired) electrons. The molecule has 1 atom stereocenters. The average molecular weight is 175 g/mol. The number of H-pyrrole nitrogens is 1. The van der Waals surface area contributed by atoms with Crippen molar-refractivity contribution in [2.45, 2.75) is 20.0 Å². The van der Waals surface area contributed by atoms with Gasteiger partial charge in [0.05, 0.1) is 6.10 Å². The highest BCUT2D eigenvalue weighted by Gasteiger charge is 2.11. The lowest BCUT2D eigenvalue weighted by atomic mass is 10.1. The van der Waals surface area contributed by atoms with Gasteiger partial charge in [0.25, 0.3) is 0 Å². The van der Waals surface area contributed by atoms with Crippen LogP contribution in [0.3, 0.4) is 0 Å². The topological polar surface area (TPSA) is 36.0 Å². The van der Waals surface area contributed by atoms with E-state index in [1.165, 1.54) is 0 Å². The fourth-order valence-electron chi connectivity index (χ4n) is 1.84. The van der Waals surface area contributed by atoms with Crippen LogP contribution < -0.4 is 0 Å². The van der Waals surface area contributed by atoms with Gasteiger partial charge in [0, 0.05) is 22.2 Å². The van der Waals surface area contributed by atoms with Crippen LogP contribution in [-0.4, -0.2) is 10.1 Å². The van der Waals surface area contributed by atoms with Crippen LogP contribution in [0.5, 0.6) is 0 Å². The number of nitrogens with one attached hydrogen (secondary N) is 1. The zero-order chi connectivity index (χ0) is 9.42. The van der Waals surface area contributed by atoms with Crippen LogP contribution in [-0.2, 0) is 0 Å². The summed E-state index contributed by atoms with van der Waals surface area (Å²) in [6.07, 6.45) is -0.406. The molecule has 1 aromatic heterocycles. The first-order valence-corrected chi connectivity index (χ1v) is 4.45. The predicted octanol–water partition coefficient (Wildman–Crippen LogP) is 2.53. The van der Waals surface area contributed by atoms with E-state index >= 15 is 0 Å². The molecule has 2 N–H and O–H groups in total. The number of rotatable bonds is 1. The Balaban J connectivity index is 2.78. The number of aliphatic hydroxyl groups is 1. The number of fused-ring (bicyclic) bond motifs is 1. The molecule has 0 aliphatic heterocycles. The third-order valence-electron chi connectivity index (χ3n) is 2.36. The third-order valence-corrected chi connectivity index (χ3v) is 2.36. The van der Waals surface area contributed by atoms with Crippen LogP contribution in [0.1, 0.15) is 24.3 Å². The van der Waals surface area contributed by atoms with Gasteiger partial charge >= 0.3 is 0 Å². The Labute approximate surface area is 77.2 Å². The normalized spacial score (nSPS) is 13.5. The highest BCUT2D eigenvalue weighted by atomic mass is 16.3. The molecule has 0 saturated heterocycles. The summed E-state index contributed by atoms with van der Waals surface area (Å²) in [6, 6.07) is 8.03. The summed E-state index contributed by atoms with van der Waals surface area (Å²) in [5, 5.41) is 10.7. The molecule has 68 valence electrons. The first kappa shape index (κ1) is 8.32. The molecule has 1 aromatic carbocycles. The molecular formula is C11H13NO. The maximum absolute atomic E-state index is 9.57. The Morgan fingerprint density at radius 2 is 2.00 bits per heavy atom. The Kier molecular flexibility index (Phi) is 1.85. The van der Waals surface area contributed by atoms with Crippen molar-refractivity contribution in [1.29, 1.82) is 0 Å². The quantitative estimate of drug-likeness (QED) is 0.686. The minimum absolute atomic E-state index is 0.406. The summed E-state index contributed by atoms with van der Waals surface area (Å²) in [7, 11) is 0. The number of aromatic amines is 1. The van der Waals surface area contributed by atoms with Crippen LogP contribution in [0.4, 0.5) is 0 Å². The Bertz CT molecular complexity index is 429. The molecular weight excluding hydrogens is 162 g/mol. The van der Waals surface area contributed by atoms with Crippen LogP contribution in [0.15, 0.2) is 24.3 Å². The largest absolute Gasteiger partial charge is 0.389 e. The van der Waals surface area contributed by atoms with Gasteiger partial charge in [-0.25, -0.2) is 0 Å². The molecule has 0 amide bonds. The van der Waals surface area contributed by atoms with Crippen molar-refractivity contribution in [2.75, 3.05) is 0 Å². The standard InChI is InChI=1S/C11H13NO/c1-7-11(8(2)13)9-5-3-4-6-10(9)12-7/h3-6,8,12-13H,1-2H3/t8-/m1/s1. The van der Waals surface area contributed by atoms with E-state index < -0.39 is 6.10 Å². The van der Waals surface area contributed by atoms with Gasteiger partial charge in [0.2, 0.25) is 0 Å². The fraction of sp³-hybridized carbons (Fsp3) is 0.273. The third kappa shape index (κ3) is 1.23. The SMILES string of the molecule is Cc1[nH]c2ccccc2c1[C@@H](C)O. The fourth-order valence-corrected chi connectivity index (χ4v) is 1.84. The highest BCUT2D eigenvalue weighted by molar-refractivity contribution is 5.84. The predicted molar refractivity (Wildman–Crippen MR) is 53.7 cm³/mol. The minimum atomic E-state index is -0.406. The Morgan fingerprint density at radius 3 is 2.69 bits per heavy atom. The first-order valence-electron chi connectivity index (χ1n) is 4.45. The maximum Gasteiger partial charge on any atom is 0.0785 e. The second-order valence-corrected chi connectivity index (χ2v) is 3.39. The van der Waals surface area contributed by atoms with E-state index in [0.29, 0.717) is 0 Å². The second-order valence-electron chi connectivity index (χ2n) is 3.39. The van der Waals surface area contributed by atoms with Crippen molar-refractivity contribution in [3.8, 4) is 0 Å². The summed E-state index contributed by atoms with van der Waals surface area (Å²) in [5.74, 6) is 0. The molecule has 2 aromatic rings. The molecule has 0 bridgehead atoms. The molecule has 0 aliphatic rings. The van der Waals surface area contributed by atoms with Crippen molar-refractivity contribution < 1.29 is 5.11 Å². The molecule has 0 saturated carbocycles. The van der Waals surface area contributed by atoms with E-state index in [2.05, 4.69) is 4.98 Å². The lowest BCUT2D eigenvalue weighted by molar-refractivity contribution is 0.200. The van der Waals surface area contributed by atoms with Crippen LogP contribution in [0.25, 0.3) is 10.9 Å². The smallest absolute Gasteiger partial charge is 0.0785 e. The van der Waals surface area contributed by atoms with E-state index in [1.54, 1.807) is 6.92 Å². The van der Waals surface area contributed by atoms with Gasteiger partial charge in [0.1, 0.15) is 0 Å². The number of hydrogen-bond donors (Lipinski definition) is 2. The summed E-state index contributed by atoms with van der Waals surface area (Å²) in [6.45, 7) is 3.78. The molecule has 1 heterocycles. The minimum Gasteiger partial charge on any atom is -0.389 e. The zero-order valence-corrected chi connectivity index (χ0v) is 7.83. The van der Waals surface area contributed by atoms with Crippen LogP contribution in [0.2, 0.25) is 0 Å². The molecule has 2 heteroatoms. The highest BCUT2D eigenvalue weighted by Crippen LogP contribution is 2.26. The lowest BCUT2D eigenvalue weighted by Crippen LogP contribution is -1.91. The van der Waals surface area contributed by atoms with Crippen molar-refractivity contribution in [1.82, 2.24) is 4.98 Å².